The van der Waals surface area contributed by atoms with Crippen LogP contribution in [0.1, 0.15) is 40.7 Å². The number of nitrogens with one attached hydrogen (secondary N) is 2. The van der Waals surface area contributed by atoms with Crippen LogP contribution in [-0.2, 0) is 26.1 Å². The predicted molar refractivity (Wildman–Crippen MR) is 93.7 cm³/mol. The molecule has 0 aromatic carbocycles. The number of guanidine groups is 1. The maximum Gasteiger partial charge on any atom is 0.191 e. The zero-order valence-corrected chi connectivity index (χ0v) is 14.6. The molecule has 0 unspecified atom stereocenters. The molecule has 0 bridgehead atoms. The van der Waals surface area contributed by atoms with E-state index in [9.17, 15) is 0 Å². The molecule has 0 saturated heterocycles. The number of fused-ring (bicyclic) bond motifs is 1. The summed E-state index contributed by atoms with van der Waals surface area (Å²) in [6.45, 7) is 4.59. The van der Waals surface area contributed by atoms with Crippen molar-refractivity contribution < 1.29 is 0 Å². The van der Waals surface area contributed by atoms with Gasteiger partial charge in [0.25, 0.3) is 0 Å². The van der Waals surface area contributed by atoms with E-state index in [4.69, 9.17) is 0 Å². The zero-order valence-electron chi connectivity index (χ0n) is 13.8. The van der Waals surface area contributed by atoms with E-state index in [0.717, 1.165) is 37.1 Å². The van der Waals surface area contributed by atoms with E-state index in [1.54, 1.807) is 18.4 Å². The molecule has 0 aliphatic carbocycles. The number of nitrogens with zero attached hydrogens (tertiary/aromatic N) is 4. The lowest BCUT2D eigenvalue weighted by Crippen LogP contribution is -2.36. The topological polar surface area (TPSA) is 67.1 Å². The highest BCUT2D eigenvalue weighted by atomic mass is 32.1. The Labute approximate surface area is 141 Å². The van der Waals surface area contributed by atoms with Gasteiger partial charge in [-0.25, -0.2) is 0 Å². The average Bonchev–Trinajstić information content (AvgIpc) is 3.06. The van der Waals surface area contributed by atoms with Gasteiger partial charge in [0.2, 0.25) is 0 Å². The molecule has 0 atom stereocenters. The monoisotopic (exact) mass is 332 g/mol. The van der Waals surface area contributed by atoms with Crippen molar-refractivity contribution in [1.82, 2.24) is 25.4 Å². The molecule has 0 amide bonds. The summed E-state index contributed by atoms with van der Waals surface area (Å²) in [6, 6.07) is 4.29. The first kappa shape index (κ1) is 16.0. The molecule has 3 rings (SSSR count). The highest BCUT2D eigenvalue weighted by Gasteiger charge is 2.14. The number of aromatic nitrogens is 3. The van der Waals surface area contributed by atoms with Crippen LogP contribution in [0, 0.1) is 6.92 Å². The summed E-state index contributed by atoms with van der Waals surface area (Å²) in [7, 11) is 1.79. The molecule has 2 aromatic rings. The summed E-state index contributed by atoms with van der Waals surface area (Å²) in [6.07, 6.45) is 4.75. The van der Waals surface area contributed by atoms with Gasteiger partial charge >= 0.3 is 0 Å². The van der Waals surface area contributed by atoms with E-state index in [2.05, 4.69) is 49.4 Å². The van der Waals surface area contributed by atoms with Gasteiger partial charge in [0.05, 0.1) is 13.1 Å². The van der Waals surface area contributed by atoms with Gasteiger partial charge in [-0.15, -0.1) is 21.5 Å². The smallest absolute Gasteiger partial charge is 0.191 e. The number of hydrogen-bond donors (Lipinski definition) is 2. The molecule has 6 nitrogen and oxygen atoms in total. The Morgan fingerprint density at radius 3 is 2.87 bits per heavy atom. The van der Waals surface area contributed by atoms with Crippen molar-refractivity contribution in [1.29, 1.82) is 0 Å². The SMILES string of the molecule is CN=C(NCc1ccc(C)s1)NCc1nnc2n1CCCCC2. The Kier molecular flexibility index (Phi) is 5.27. The number of aryl methyl sites for hydroxylation is 2. The number of aliphatic imine (C=N–C) groups is 1. The lowest BCUT2D eigenvalue weighted by molar-refractivity contribution is 0.596. The molecular formula is C16H24N6S. The van der Waals surface area contributed by atoms with Gasteiger partial charge in [-0.1, -0.05) is 6.42 Å². The quantitative estimate of drug-likeness (QED) is 0.666. The minimum atomic E-state index is 0.649. The molecule has 0 spiro atoms. The van der Waals surface area contributed by atoms with Gasteiger partial charge in [0.15, 0.2) is 11.8 Å². The fourth-order valence-corrected chi connectivity index (χ4v) is 3.64. The molecule has 1 aliphatic heterocycles. The first-order valence-electron chi connectivity index (χ1n) is 8.17. The lowest BCUT2D eigenvalue weighted by atomic mass is 10.2. The summed E-state index contributed by atoms with van der Waals surface area (Å²) in [5.74, 6) is 2.91. The second-order valence-electron chi connectivity index (χ2n) is 5.79. The van der Waals surface area contributed by atoms with Gasteiger partial charge < -0.3 is 15.2 Å². The van der Waals surface area contributed by atoms with E-state index >= 15 is 0 Å². The molecule has 2 aromatic heterocycles. The minimum Gasteiger partial charge on any atom is -0.352 e. The molecule has 23 heavy (non-hydrogen) atoms. The average molecular weight is 332 g/mol. The Morgan fingerprint density at radius 2 is 2.09 bits per heavy atom. The molecule has 3 heterocycles. The standard InChI is InChI=1S/C16H24N6S/c1-12-7-8-13(23-12)10-18-16(17-2)19-11-15-21-20-14-6-4-3-5-9-22(14)15/h7-8H,3-6,9-11H2,1-2H3,(H2,17,18,19). The molecule has 124 valence electrons. The van der Waals surface area contributed by atoms with Gasteiger partial charge in [-0.2, -0.15) is 0 Å². The van der Waals surface area contributed by atoms with Crippen LogP contribution in [0.15, 0.2) is 17.1 Å². The van der Waals surface area contributed by atoms with Crippen LogP contribution in [0.5, 0.6) is 0 Å². The molecule has 2 N–H and O–H groups in total. The third kappa shape index (κ3) is 4.10. The van der Waals surface area contributed by atoms with E-state index in [1.165, 1.54) is 29.0 Å². The Hall–Kier alpha value is -1.89. The lowest BCUT2D eigenvalue weighted by Gasteiger charge is -2.12. The summed E-state index contributed by atoms with van der Waals surface area (Å²) in [5, 5.41) is 15.4. The highest BCUT2D eigenvalue weighted by Crippen LogP contribution is 2.15. The van der Waals surface area contributed by atoms with Gasteiger partial charge in [-0.3, -0.25) is 4.99 Å². The Balaban J connectivity index is 1.55. The van der Waals surface area contributed by atoms with Crippen LogP contribution in [0.3, 0.4) is 0 Å². The van der Waals surface area contributed by atoms with E-state index in [0.29, 0.717) is 6.54 Å². The first-order chi connectivity index (χ1) is 11.3. The Morgan fingerprint density at radius 1 is 1.22 bits per heavy atom. The summed E-state index contributed by atoms with van der Waals surface area (Å²) >= 11 is 1.81. The Bertz CT molecular complexity index is 672. The van der Waals surface area contributed by atoms with Crippen molar-refractivity contribution in [2.24, 2.45) is 4.99 Å². The third-order valence-corrected chi connectivity index (χ3v) is 5.05. The van der Waals surface area contributed by atoms with E-state index in [1.807, 2.05) is 0 Å². The number of rotatable bonds is 4. The summed E-state index contributed by atoms with van der Waals surface area (Å²) in [5.41, 5.74) is 0. The van der Waals surface area contributed by atoms with E-state index in [-0.39, 0.29) is 0 Å². The summed E-state index contributed by atoms with van der Waals surface area (Å²) in [4.78, 5) is 6.92. The fourth-order valence-electron chi connectivity index (χ4n) is 2.81. The van der Waals surface area contributed by atoms with Crippen LogP contribution in [-0.4, -0.2) is 27.8 Å². The van der Waals surface area contributed by atoms with Crippen molar-refractivity contribution in [3.8, 4) is 0 Å². The molecule has 0 radical (unpaired) electrons. The van der Waals surface area contributed by atoms with Crippen molar-refractivity contribution in [3.63, 3.8) is 0 Å². The van der Waals surface area contributed by atoms with Crippen LogP contribution in [0.4, 0.5) is 0 Å². The second kappa shape index (κ2) is 7.59. The van der Waals surface area contributed by atoms with Crippen LogP contribution in [0.2, 0.25) is 0 Å². The fraction of sp³-hybridized carbons (Fsp3) is 0.562. The normalized spacial score (nSPS) is 15.1. The minimum absolute atomic E-state index is 0.649. The maximum atomic E-state index is 4.34. The second-order valence-corrected chi connectivity index (χ2v) is 7.16. The largest absolute Gasteiger partial charge is 0.352 e. The van der Waals surface area contributed by atoms with Gasteiger partial charge in [0, 0.05) is 29.8 Å². The molecular weight excluding hydrogens is 308 g/mol. The third-order valence-electron chi connectivity index (χ3n) is 4.05. The van der Waals surface area contributed by atoms with Crippen molar-refractivity contribution in [2.45, 2.75) is 52.2 Å². The van der Waals surface area contributed by atoms with Crippen molar-refractivity contribution >= 4 is 17.3 Å². The van der Waals surface area contributed by atoms with Crippen LogP contribution < -0.4 is 10.6 Å². The zero-order chi connectivity index (χ0) is 16.1. The molecule has 7 heteroatoms. The first-order valence-corrected chi connectivity index (χ1v) is 8.98. The molecule has 0 fully saturated rings. The number of thiophene rings is 1. The highest BCUT2D eigenvalue weighted by molar-refractivity contribution is 7.11. The van der Waals surface area contributed by atoms with Crippen molar-refractivity contribution in [3.05, 3.63) is 33.5 Å². The predicted octanol–water partition coefficient (Wildman–Crippen LogP) is 2.24. The summed E-state index contributed by atoms with van der Waals surface area (Å²) < 4.78 is 2.26. The molecule has 0 saturated carbocycles. The maximum absolute atomic E-state index is 4.34. The number of hydrogen-bond acceptors (Lipinski definition) is 4. The van der Waals surface area contributed by atoms with Crippen LogP contribution in [0.25, 0.3) is 0 Å². The van der Waals surface area contributed by atoms with Crippen LogP contribution >= 0.6 is 11.3 Å². The van der Waals surface area contributed by atoms with Gasteiger partial charge in [-0.05, 0) is 31.9 Å². The van der Waals surface area contributed by atoms with E-state index < -0.39 is 0 Å². The van der Waals surface area contributed by atoms with Crippen molar-refractivity contribution in [2.75, 3.05) is 7.05 Å². The molecule has 1 aliphatic rings. The van der Waals surface area contributed by atoms with Gasteiger partial charge in [0.1, 0.15) is 5.82 Å².